The molecule has 0 saturated heterocycles. The first-order valence-corrected chi connectivity index (χ1v) is 9.85. The van der Waals surface area contributed by atoms with Gasteiger partial charge in [-0.15, -0.1) is 0 Å². The van der Waals surface area contributed by atoms with Crippen LogP contribution in [0.3, 0.4) is 0 Å². The SMILES string of the molecule is COC(=O)[C@H]1c2ccc(OCc3c(C)noc3C)cc2CCN1C(=O)OC(C)(C)C. The first-order chi connectivity index (χ1) is 14.1. The van der Waals surface area contributed by atoms with E-state index in [1.54, 1.807) is 32.9 Å². The van der Waals surface area contributed by atoms with Crippen LogP contribution >= 0.6 is 0 Å². The van der Waals surface area contributed by atoms with E-state index < -0.39 is 23.7 Å². The number of carbonyl (C=O) groups is 2. The molecule has 0 radical (unpaired) electrons. The van der Waals surface area contributed by atoms with Gasteiger partial charge in [0.05, 0.1) is 18.4 Å². The molecule has 1 aromatic carbocycles. The minimum absolute atomic E-state index is 0.338. The highest BCUT2D eigenvalue weighted by Gasteiger charge is 2.39. The zero-order valence-electron chi connectivity index (χ0n) is 18.3. The summed E-state index contributed by atoms with van der Waals surface area (Å²) in [5, 5.41) is 3.93. The fourth-order valence-corrected chi connectivity index (χ4v) is 3.44. The Bertz CT molecular complexity index is 924. The number of nitrogens with zero attached hydrogens (tertiary/aromatic N) is 2. The van der Waals surface area contributed by atoms with Gasteiger partial charge >= 0.3 is 12.1 Å². The van der Waals surface area contributed by atoms with Crippen LogP contribution in [-0.4, -0.2) is 41.4 Å². The second-order valence-corrected chi connectivity index (χ2v) is 8.30. The second kappa shape index (κ2) is 8.38. The summed E-state index contributed by atoms with van der Waals surface area (Å²) in [5.74, 6) is 0.888. The predicted octanol–water partition coefficient (Wildman–Crippen LogP) is 3.88. The number of aryl methyl sites for hydroxylation is 2. The third-order valence-corrected chi connectivity index (χ3v) is 4.96. The number of aromatic nitrogens is 1. The van der Waals surface area contributed by atoms with Crippen molar-refractivity contribution in [2.45, 2.75) is 59.3 Å². The zero-order valence-corrected chi connectivity index (χ0v) is 18.3. The Morgan fingerprint density at radius 2 is 2.00 bits per heavy atom. The molecule has 0 aliphatic carbocycles. The van der Waals surface area contributed by atoms with Gasteiger partial charge in [-0.25, -0.2) is 9.59 Å². The topological polar surface area (TPSA) is 91.1 Å². The largest absolute Gasteiger partial charge is 0.489 e. The standard InChI is InChI=1S/C22H28N2O6/c1-13-18(14(2)30-23-13)12-28-16-7-8-17-15(11-16)9-10-24(19(17)20(25)27-6)21(26)29-22(3,4)5/h7-8,11,19H,9-10,12H2,1-6H3/t19-/m1/s1. The van der Waals surface area contributed by atoms with Crippen molar-refractivity contribution < 1.29 is 28.3 Å². The number of rotatable bonds is 4. The van der Waals surface area contributed by atoms with E-state index in [9.17, 15) is 9.59 Å². The van der Waals surface area contributed by atoms with Gasteiger partial charge in [-0.1, -0.05) is 11.2 Å². The molecule has 0 bridgehead atoms. The van der Waals surface area contributed by atoms with Crippen molar-refractivity contribution in [2.24, 2.45) is 0 Å². The van der Waals surface area contributed by atoms with Gasteiger partial charge in [0.2, 0.25) is 0 Å². The van der Waals surface area contributed by atoms with Crippen LogP contribution in [0.2, 0.25) is 0 Å². The summed E-state index contributed by atoms with van der Waals surface area (Å²) >= 11 is 0. The van der Waals surface area contributed by atoms with Gasteiger partial charge in [0.25, 0.3) is 0 Å². The summed E-state index contributed by atoms with van der Waals surface area (Å²) in [5.41, 5.74) is 2.69. The number of ether oxygens (including phenoxy) is 3. The van der Waals surface area contributed by atoms with E-state index >= 15 is 0 Å². The lowest BCUT2D eigenvalue weighted by Gasteiger charge is -2.36. The van der Waals surface area contributed by atoms with E-state index in [-0.39, 0.29) is 0 Å². The first-order valence-electron chi connectivity index (χ1n) is 9.85. The lowest BCUT2D eigenvalue weighted by Crippen LogP contribution is -2.46. The molecule has 0 N–H and O–H groups in total. The first kappa shape index (κ1) is 21.7. The summed E-state index contributed by atoms with van der Waals surface area (Å²) in [6.45, 7) is 9.76. The van der Waals surface area contributed by atoms with Crippen LogP contribution < -0.4 is 4.74 Å². The second-order valence-electron chi connectivity index (χ2n) is 8.30. The normalized spacial score (nSPS) is 16.1. The molecular weight excluding hydrogens is 388 g/mol. The molecule has 1 aliphatic rings. The molecule has 0 saturated carbocycles. The quantitative estimate of drug-likeness (QED) is 0.699. The zero-order chi connectivity index (χ0) is 22.1. The fourth-order valence-electron chi connectivity index (χ4n) is 3.44. The molecule has 8 nitrogen and oxygen atoms in total. The molecule has 1 atom stereocenters. The van der Waals surface area contributed by atoms with Gasteiger partial charge in [0.15, 0.2) is 6.04 Å². The molecule has 0 unspecified atom stereocenters. The Morgan fingerprint density at radius 3 is 2.60 bits per heavy atom. The Hall–Kier alpha value is -3.03. The lowest BCUT2D eigenvalue weighted by molar-refractivity contribution is -0.147. The number of hydrogen-bond acceptors (Lipinski definition) is 7. The van der Waals surface area contributed by atoms with Crippen LogP contribution in [0.15, 0.2) is 22.7 Å². The van der Waals surface area contributed by atoms with Crippen LogP contribution in [-0.2, 0) is 27.3 Å². The maximum Gasteiger partial charge on any atom is 0.411 e. The van der Waals surface area contributed by atoms with Gasteiger partial charge in [-0.05, 0) is 64.3 Å². The minimum Gasteiger partial charge on any atom is -0.489 e. The van der Waals surface area contributed by atoms with E-state index in [4.69, 9.17) is 18.7 Å². The molecule has 1 aromatic heterocycles. The van der Waals surface area contributed by atoms with Crippen LogP contribution in [0, 0.1) is 13.8 Å². The number of fused-ring (bicyclic) bond motifs is 1. The average Bonchev–Trinajstić information content (AvgIpc) is 3.00. The maximum absolute atomic E-state index is 12.7. The highest BCUT2D eigenvalue weighted by atomic mass is 16.6. The molecule has 2 heterocycles. The number of esters is 1. The smallest absolute Gasteiger partial charge is 0.411 e. The number of hydrogen-bond donors (Lipinski definition) is 0. The molecule has 1 aliphatic heterocycles. The molecule has 1 amide bonds. The lowest BCUT2D eigenvalue weighted by atomic mass is 9.92. The van der Waals surface area contributed by atoms with Gasteiger partial charge in [0, 0.05) is 6.54 Å². The predicted molar refractivity (Wildman–Crippen MR) is 108 cm³/mol. The van der Waals surface area contributed by atoms with Crippen LogP contribution in [0.1, 0.15) is 55.0 Å². The monoisotopic (exact) mass is 416 g/mol. The number of carbonyl (C=O) groups excluding carboxylic acids is 2. The molecular formula is C22H28N2O6. The maximum atomic E-state index is 12.7. The molecule has 3 rings (SSSR count). The molecule has 0 spiro atoms. The van der Waals surface area contributed by atoms with Crippen molar-refractivity contribution in [3.05, 3.63) is 46.3 Å². The van der Waals surface area contributed by atoms with E-state index in [0.717, 1.165) is 22.6 Å². The van der Waals surface area contributed by atoms with Crippen molar-refractivity contribution in [3.63, 3.8) is 0 Å². The number of benzene rings is 1. The van der Waals surface area contributed by atoms with E-state index in [0.29, 0.717) is 30.9 Å². The summed E-state index contributed by atoms with van der Waals surface area (Å²) in [4.78, 5) is 26.6. The molecule has 162 valence electrons. The summed E-state index contributed by atoms with van der Waals surface area (Å²) in [6.07, 6.45) is 0.0344. The van der Waals surface area contributed by atoms with Gasteiger partial charge in [0.1, 0.15) is 23.7 Å². The van der Waals surface area contributed by atoms with Gasteiger partial charge in [-0.3, -0.25) is 4.90 Å². The fraction of sp³-hybridized carbons (Fsp3) is 0.500. The van der Waals surface area contributed by atoms with Gasteiger partial charge < -0.3 is 18.7 Å². The van der Waals surface area contributed by atoms with Crippen molar-refractivity contribution in [2.75, 3.05) is 13.7 Å². The Morgan fingerprint density at radius 1 is 1.27 bits per heavy atom. The Balaban J connectivity index is 1.83. The number of methoxy groups -OCH3 is 1. The highest BCUT2D eigenvalue weighted by molar-refractivity contribution is 5.84. The van der Waals surface area contributed by atoms with E-state index in [2.05, 4.69) is 5.16 Å². The van der Waals surface area contributed by atoms with Crippen LogP contribution in [0.25, 0.3) is 0 Å². The van der Waals surface area contributed by atoms with Gasteiger partial charge in [-0.2, -0.15) is 0 Å². The summed E-state index contributed by atoms with van der Waals surface area (Å²) in [6, 6.07) is 4.63. The van der Waals surface area contributed by atoms with Crippen molar-refractivity contribution >= 4 is 12.1 Å². The average molecular weight is 416 g/mol. The molecule has 8 heteroatoms. The summed E-state index contributed by atoms with van der Waals surface area (Å²) < 4.78 is 21.5. The molecule has 0 fully saturated rings. The van der Waals surface area contributed by atoms with E-state index in [1.165, 1.54) is 12.0 Å². The third-order valence-electron chi connectivity index (χ3n) is 4.96. The Kier molecular flexibility index (Phi) is 6.05. The Labute approximate surface area is 176 Å². The van der Waals surface area contributed by atoms with Crippen molar-refractivity contribution in [1.82, 2.24) is 10.1 Å². The van der Waals surface area contributed by atoms with Crippen molar-refractivity contribution in [3.8, 4) is 5.75 Å². The third kappa shape index (κ3) is 4.58. The highest BCUT2D eigenvalue weighted by Crippen LogP contribution is 2.34. The van der Waals surface area contributed by atoms with Crippen LogP contribution in [0.5, 0.6) is 5.75 Å². The minimum atomic E-state index is -0.856. The summed E-state index contributed by atoms with van der Waals surface area (Å²) in [7, 11) is 1.31. The molecule has 30 heavy (non-hydrogen) atoms. The van der Waals surface area contributed by atoms with Crippen molar-refractivity contribution in [1.29, 1.82) is 0 Å². The number of amides is 1. The van der Waals surface area contributed by atoms with E-state index in [1.807, 2.05) is 19.9 Å². The van der Waals surface area contributed by atoms with Crippen LogP contribution in [0.4, 0.5) is 4.79 Å². The molecule has 2 aromatic rings.